The van der Waals surface area contributed by atoms with Crippen molar-refractivity contribution in [3.05, 3.63) is 60.2 Å². The van der Waals surface area contributed by atoms with Gasteiger partial charge in [-0.1, -0.05) is 0 Å². The molecule has 2 rings (SSSR count). The quantitative estimate of drug-likeness (QED) is 0.601. The Bertz CT molecular complexity index is 254. The molecule has 2 heteroatoms. The van der Waals surface area contributed by atoms with E-state index in [2.05, 4.69) is 30.5 Å². The smallest absolute Gasteiger partial charge is 0.214 e. The Labute approximate surface area is 103 Å². The number of hydrogen-bond donors (Lipinski definition) is 0. The van der Waals surface area contributed by atoms with Gasteiger partial charge in [-0.15, -0.1) is 5.56 Å². The maximum absolute atomic E-state index is 2.15. The van der Waals surface area contributed by atoms with E-state index >= 15 is 0 Å². The van der Waals surface area contributed by atoms with Crippen LogP contribution in [0.1, 0.15) is 5.56 Å². The average molecular weight is 291 g/mol. The largest absolute Gasteiger partial charge is 2.00 e. The molecule has 0 heterocycles. The minimum absolute atomic E-state index is 0. The van der Waals surface area contributed by atoms with Crippen LogP contribution in [-0.4, -0.2) is 6.26 Å². The fraction of sp³-hybridized carbons (Fsp3) is 0.167. The van der Waals surface area contributed by atoms with Crippen molar-refractivity contribution in [2.45, 2.75) is 5.75 Å². The minimum Gasteiger partial charge on any atom is -0.214 e. The molecule has 0 saturated heterocycles. The zero-order valence-electron chi connectivity index (χ0n) is 8.17. The van der Waals surface area contributed by atoms with Crippen molar-refractivity contribution in [1.82, 2.24) is 0 Å². The van der Waals surface area contributed by atoms with E-state index in [4.69, 9.17) is 0 Å². The number of rotatable bonds is 2. The third kappa shape index (κ3) is 6.18. The summed E-state index contributed by atoms with van der Waals surface area (Å²) in [7, 11) is 0. The molecule has 0 nitrogen and oxygen atoms in total. The first-order valence-corrected chi connectivity index (χ1v) is 5.69. The second-order valence-corrected chi connectivity index (χ2v) is 3.55. The third-order valence-electron chi connectivity index (χ3n) is 1.60. The molecule has 0 N–H and O–H groups in total. The van der Waals surface area contributed by atoms with Gasteiger partial charge >= 0.3 is 19.5 Å². The summed E-state index contributed by atoms with van der Waals surface area (Å²) >= 11 is 1.86. The van der Waals surface area contributed by atoms with Gasteiger partial charge in [-0.2, -0.15) is 42.1 Å². The molecular weight excluding hydrogens is 277 g/mol. The third-order valence-corrected chi connectivity index (χ3v) is 2.22. The molecule has 0 aliphatic heterocycles. The number of thioether (sulfide) groups is 1. The zero-order valence-corrected chi connectivity index (χ0v) is 10.7. The Hall–Kier alpha value is -0.327. The molecule has 0 unspecified atom stereocenters. The first-order valence-electron chi connectivity index (χ1n) is 4.29. The molecule has 0 spiro atoms. The van der Waals surface area contributed by atoms with Gasteiger partial charge in [0.1, 0.15) is 0 Å². The molecule has 0 aliphatic carbocycles. The second-order valence-electron chi connectivity index (χ2n) is 2.69. The van der Waals surface area contributed by atoms with Crippen LogP contribution in [0.4, 0.5) is 0 Å². The van der Waals surface area contributed by atoms with Gasteiger partial charge in [-0.3, -0.25) is 0 Å². The Balaban J connectivity index is 0.000000246. The van der Waals surface area contributed by atoms with E-state index in [9.17, 15) is 0 Å². The van der Waals surface area contributed by atoms with E-state index in [1.807, 2.05) is 42.1 Å². The summed E-state index contributed by atoms with van der Waals surface area (Å²) in [6.45, 7) is 0. The molecule has 0 bridgehead atoms. The van der Waals surface area contributed by atoms with E-state index in [0.29, 0.717) is 0 Å². The monoisotopic (exact) mass is 292 g/mol. The van der Waals surface area contributed by atoms with Crippen molar-refractivity contribution < 1.29 is 19.5 Å². The van der Waals surface area contributed by atoms with Crippen LogP contribution in [0.3, 0.4) is 0 Å². The molecule has 0 radical (unpaired) electrons. The average Bonchev–Trinajstić information content (AvgIpc) is 2.79. The summed E-state index contributed by atoms with van der Waals surface area (Å²) in [4.78, 5) is 0. The molecule has 2 aromatic carbocycles. The summed E-state index contributed by atoms with van der Waals surface area (Å²) in [5.41, 5.74) is 1.43. The summed E-state index contributed by atoms with van der Waals surface area (Å²) in [5, 5.41) is 0. The van der Waals surface area contributed by atoms with Crippen molar-refractivity contribution in [2.24, 2.45) is 0 Å². The van der Waals surface area contributed by atoms with Crippen molar-refractivity contribution in [3.63, 3.8) is 0 Å². The Morgan fingerprint density at radius 1 is 1.07 bits per heavy atom. The predicted octanol–water partition coefficient (Wildman–Crippen LogP) is 3.67. The van der Waals surface area contributed by atoms with Gasteiger partial charge in [0.15, 0.2) is 0 Å². The van der Waals surface area contributed by atoms with Crippen molar-refractivity contribution in [3.8, 4) is 0 Å². The minimum atomic E-state index is 0. The topological polar surface area (TPSA) is 0 Å². The van der Waals surface area contributed by atoms with Crippen LogP contribution in [0.2, 0.25) is 0 Å². The fourth-order valence-electron chi connectivity index (χ4n) is 0.998. The van der Waals surface area contributed by atoms with Gasteiger partial charge in [-0.25, -0.2) is 24.3 Å². The van der Waals surface area contributed by atoms with Gasteiger partial charge in [0.2, 0.25) is 0 Å². The Kier molecular flexibility index (Phi) is 9.02. The van der Waals surface area contributed by atoms with Gasteiger partial charge in [0.05, 0.1) is 0 Å². The standard InChI is InChI=1S/C7H9S.C5H5.Ru/c1-8-6-7-4-2-3-5-7;1-2-4-5-3-1;/h2-5H,6H2,1H3;1-5H;/q2*-1;+2. The van der Waals surface area contributed by atoms with Crippen LogP contribution in [0.25, 0.3) is 0 Å². The zero-order chi connectivity index (χ0) is 9.36. The number of hydrogen-bond acceptors (Lipinski definition) is 1. The van der Waals surface area contributed by atoms with Gasteiger partial charge in [-0.05, 0) is 12.0 Å². The molecule has 0 aliphatic rings. The van der Waals surface area contributed by atoms with E-state index in [1.165, 1.54) is 5.56 Å². The summed E-state index contributed by atoms with van der Waals surface area (Å²) in [6.07, 6.45) is 2.12. The fourth-order valence-corrected chi connectivity index (χ4v) is 1.52. The summed E-state index contributed by atoms with van der Waals surface area (Å²) in [5.74, 6) is 1.15. The van der Waals surface area contributed by atoms with Crippen LogP contribution in [0.5, 0.6) is 0 Å². The van der Waals surface area contributed by atoms with E-state index in [1.54, 1.807) is 0 Å². The summed E-state index contributed by atoms with van der Waals surface area (Å²) < 4.78 is 0. The van der Waals surface area contributed by atoms with Gasteiger partial charge in [0.25, 0.3) is 0 Å². The Morgan fingerprint density at radius 2 is 1.64 bits per heavy atom. The van der Waals surface area contributed by atoms with Crippen molar-refractivity contribution in [1.29, 1.82) is 0 Å². The molecule has 0 fully saturated rings. The maximum Gasteiger partial charge on any atom is 2.00 e. The molecule has 14 heavy (non-hydrogen) atoms. The van der Waals surface area contributed by atoms with Gasteiger partial charge in [0, 0.05) is 0 Å². The van der Waals surface area contributed by atoms with Gasteiger partial charge < -0.3 is 0 Å². The maximum atomic E-state index is 2.15. The molecule has 0 atom stereocenters. The normalized spacial score (nSPS) is 8.36. The molecule has 0 saturated carbocycles. The van der Waals surface area contributed by atoms with Crippen LogP contribution in [0.15, 0.2) is 54.6 Å². The first kappa shape index (κ1) is 13.7. The van der Waals surface area contributed by atoms with E-state index in [-0.39, 0.29) is 19.5 Å². The van der Waals surface area contributed by atoms with Crippen LogP contribution >= 0.6 is 11.8 Å². The molecular formula is C12H14RuS. The summed E-state index contributed by atoms with van der Waals surface area (Å²) in [6, 6.07) is 18.4. The second kappa shape index (κ2) is 9.24. The molecule has 0 amide bonds. The van der Waals surface area contributed by atoms with Crippen LogP contribution in [0, 0.1) is 0 Å². The van der Waals surface area contributed by atoms with E-state index in [0.717, 1.165) is 5.75 Å². The molecule has 2 aromatic rings. The van der Waals surface area contributed by atoms with Crippen molar-refractivity contribution >= 4 is 11.8 Å². The van der Waals surface area contributed by atoms with Crippen molar-refractivity contribution in [2.75, 3.05) is 6.26 Å². The SMILES string of the molecule is CSC[c-]1cccc1.[Ru+2].c1cc[cH-]c1. The Morgan fingerprint density at radius 3 is 2.00 bits per heavy atom. The molecule has 76 valence electrons. The van der Waals surface area contributed by atoms with Crippen LogP contribution in [-0.2, 0) is 25.2 Å². The predicted molar refractivity (Wildman–Crippen MR) is 61.3 cm³/mol. The van der Waals surface area contributed by atoms with Crippen LogP contribution < -0.4 is 0 Å². The first-order chi connectivity index (χ1) is 6.43. The molecule has 0 aromatic heterocycles. The van der Waals surface area contributed by atoms with E-state index < -0.39 is 0 Å².